The molecule has 1 aromatic heterocycles. The van der Waals surface area contributed by atoms with Gasteiger partial charge in [-0.2, -0.15) is 0 Å². The van der Waals surface area contributed by atoms with Crippen molar-refractivity contribution in [3.8, 4) is 0 Å². The zero-order valence-electron chi connectivity index (χ0n) is 12.8. The first-order valence-corrected chi connectivity index (χ1v) is 10.8. The third-order valence-corrected chi connectivity index (χ3v) is 6.70. The zero-order valence-corrected chi connectivity index (χ0v) is 15.3. The molecule has 2 aromatic rings. The van der Waals surface area contributed by atoms with E-state index < -0.39 is 25.8 Å². The standard InChI is InChI=1S/C14H15NO6S3/c1-21-14(16)13-12(7-8-22-13)24(19,20)15-9-10-3-5-11(6-4-10)23(2,17)18/h3-8,15H,9H2,1-2H3. The SMILES string of the molecule is COC(=O)c1sccc1S(=O)(=O)NCc1ccc(S(C)(=O)=O)cc1. The lowest BCUT2D eigenvalue weighted by molar-refractivity contribution is 0.0602. The smallest absolute Gasteiger partial charge is 0.349 e. The Hall–Kier alpha value is -1.75. The van der Waals surface area contributed by atoms with E-state index in [0.29, 0.717) is 5.56 Å². The van der Waals surface area contributed by atoms with Crippen LogP contribution < -0.4 is 4.72 Å². The van der Waals surface area contributed by atoms with Gasteiger partial charge in [0.1, 0.15) is 9.77 Å². The molecule has 0 bridgehead atoms. The summed E-state index contributed by atoms with van der Waals surface area (Å²) in [7, 11) is -6.03. The van der Waals surface area contributed by atoms with Crippen molar-refractivity contribution >= 4 is 37.2 Å². The molecule has 0 atom stereocenters. The van der Waals surface area contributed by atoms with E-state index in [1.807, 2.05) is 0 Å². The molecule has 0 amide bonds. The number of methoxy groups -OCH3 is 1. The number of sulfonamides is 1. The second-order valence-corrected chi connectivity index (χ2v) is 9.51. The van der Waals surface area contributed by atoms with Crippen LogP contribution >= 0.6 is 11.3 Å². The first-order valence-electron chi connectivity index (χ1n) is 6.59. The molecule has 0 aliphatic rings. The summed E-state index contributed by atoms with van der Waals surface area (Å²) in [5.41, 5.74) is 0.584. The number of carbonyl (C=O) groups is 1. The predicted molar refractivity (Wildman–Crippen MR) is 89.2 cm³/mol. The average molecular weight is 389 g/mol. The number of hydrogen-bond acceptors (Lipinski definition) is 7. The number of esters is 1. The second kappa shape index (κ2) is 7.01. The molecular weight excluding hydrogens is 374 g/mol. The summed E-state index contributed by atoms with van der Waals surface area (Å²) in [6.07, 6.45) is 1.09. The molecule has 0 saturated carbocycles. The zero-order chi connectivity index (χ0) is 18.0. The molecule has 130 valence electrons. The maximum absolute atomic E-state index is 12.3. The Labute approximate surface area is 144 Å². The van der Waals surface area contributed by atoms with Crippen molar-refractivity contribution in [2.75, 3.05) is 13.4 Å². The molecule has 1 N–H and O–H groups in total. The topological polar surface area (TPSA) is 107 Å². The predicted octanol–water partition coefficient (Wildman–Crippen LogP) is 1.42. The number of thiophene rings is 1. The number of carbonyl (C=O) groups excluding carboxylic acids is 1. The van der Waals surface area contributed by atoms with Crippen molar-refractivity contribution in [2.45, 2.75) is 16.3 Å². The first kappa shape index (κ1) is 18.6. The summed E-state index contributed by atoms with van der Waals surface area (Å²) in [5.74, 6) is -0.720. The van der Waals surface area contributed by atoms with Crippen LogP contribution in [0.3, 0.4) is 0 Å². The molecule has 0 unspecified atom stereocenters. The van der Waals surface area contributed by atoms with E-state index >= 15 is 0 Å². The van der Waals surface area contributed by atoms with Crippen LogP contribution in [0.5, 0.6) is 0 Å². The molecular formula is C14H15NO6S3. The minimum absolute atomic E-state index is 0.00238. The van der Waals surface area contributed by atoms with E-state index in [4.69, 9.17) is 0 Å². The van der Waals surface area contributed by atoms with Gasteiger partial charge in [-0.1, -0.05) is 12.1 Å². The summed E-state index contributed by atoms with van der Waals surface area (Å²) in [6.45, 7) is -0.0389. The molecule has 0 aliphatic carbocycles. The number of benzene rings is 1. The summed E-state index contributed by atoms with van der Waals surface area (Å²) >= 11 is 0.975. The van der Waals surface area contributed by atoms with Gasteiger partial charge in [-0.3, -0.25) is 0 Å². The number of hydrogen-bond donors (Lipinski definition) is 1. The van der Waals surface area contributed by atoms with Crippen LogP contribution in [-0.4, -0.2) is 36.2 Å². The Morgan fingerprint density at radius 3 is 2.29 bits per heavy atom. The highest BCUT2D eigenvalue weighted by Crippen LogP contribution is 2.23. The minimum atomic E-state index is -3.90. The highest BCUT2D eigenvalue weighted by molar-refractivity contribution is 7.90. The molecule has 1 heterocycles. The lowest BCUT2D eigenvalue weighted by Crippen LogP contribution is -2.24. The van der Waals surface area contributed by atoms with Crippen molar-refractivity contribution in [1.82, 2.24) is 4.72 Å². The van der Waals surface area contributed by atoms with Gasteiger partial charge in [-0.05, 0) is 29.1 Å². The van der Waals surface area contributed by atoms with Crippen molar-refractivity contribution in [2.24, 2.45) is 0 Å². The van der Waals surface area contributed by atoms with Crippen molar-refractivity contribution in [3.05, 3.63) is 46.2 Å². The van der Waals surface area contributed by atoms with Crippen molar-refractivity contribution in [1.29, 1.82) is 0 Å². The highest BCUT2D eigenvalue weighted by Gasteiger charge is 2.24. The summed E-state index contributed by atoms with van der Waals surface area (Å²) in [5, 5.41) is 1.49. The Kier molecular flexibility index (Phi) is 5.43. The normalized spacial score (nSPS) is 12.1. The first-order chi connectivity index (χ1) is 11.1. The molecule has 0 fully saturated rings. The molecule has 2 rings (SSSR count). The minimum Gasteiger partial charge on any atom is -0.465 e. The van der Waals surface area contributed by atoms with Crippen LogP contribution in [0.25, 0.3) is 0 Å². The van der Waals surface area contributed by atoms with Gasteiger partial charge in [0.05, 0.1) is 12.0 Å². The Morgan fingerprint density at radius 1 is 1.12 bits per heavy atom. The van der Waals surface area contributed by atoms with Crippen molar-refractivity contribution in [3.63, 3.8) is 0 Å². The molecule has 1 aromatic carbocycles. The van der Waals surface area contributed by atoms with Crippen molar-refractivity contribution < 1.29 is 26.4 Å². The molecule has 0 spiro atoms. The Morgan fingerprint density at radius 2 is 1.75 bits per heavy atom. The Balaban J connectivity index is 2.17. The maximum Gasteiger partial charge on any atom is 0.349 e. The highest BCUT2D eigenvalue weighted by atomic mass is 32.2. The average Bonchev–Trinajstić information content (AvgIpc) is 3.02. The molecule has 7 nitrogen and oxygen atoms in total. The van der Waals surface area contributed by atoms with Gasteiger partial charge >= 0.3 is 5.97 Å². The molecule has 24 heavy (non-hydrogen) atoms. The summed E-state index contributed by atoms with van der Waals surface area (Å²) < 4.78 is 54.4. The van der Waals surface area contributed by atoms with E-state index in [2.05, 4.69) is 9.46 Å². The largest absolute Gasteiger partial charge is 0.465 e. The molecule has 0 radical (unpaired) electrons. The van der Waals surface area contributed by atoms with E-state index in [1.165, 1.54) is 42.8 Å². The number of ether oxygens (including phenoxy) is 1. The van der Waals surface area contributed by atoms with Crippen LogP contribution in [0.15, 0.2) is 45.5 Å². The lowest BCUT2D eigenvalue weighted by atomic mass is 10.2. The Bertz CT molecular complexity index is 943. The van der Waals surface area contributed by atoms with E-state index in [1.54, 1.807) is 0 Å². The van der Waals surface area contributed by atoms with E-state index in [9.17, 15) is 21.6 Å². The second-order valence-electron chi connectivity index (χ2n) is 4.85. The quantitative estimate of drug-likeness (QED) is 0.749. The van der Waals surface area contributed by atoms with Gasteiger partial charge in [-0.15, -0.1) is 11.3 Å². The molecule has 10 heteroatoms. The lowest BCUT2D eigenvalue weighted by Gasteiger charge is -2.08. The number of sulfone groups is 1. The van der Waals surface area contributed by atoms with Gasteiger partial charge in [0.2, 0.25) is 10.0 Å². The van der Waals surface area contributed by atoms with E-state index in [0.717, 1.165) is 17.6 Å². The van der Waals surface area contributed by atoms with Gasteiger partial charge in [0.15, 0.2) is 9.84 Å². The maximum atomic E-state index is 12.3. The van der Waals surface area contributed by atoms with Gasteiger partial charge < -0.3 is 4.74 Å². The number of rotatable bonds is 6. The summed E-state index contributed by atoms with van der Waals surface area (Å²) in [6, 6.07) is 7.18. The third-order valence-electron chi connectivity index (χ3n) is 3.11. The fourth-order valence-electron chi connectivity index (χ4n) is 1.86. The van der Waals surface area contributed by atoms with Crippen LogP contribution in [0, 0.1) is 0 Å². The summed E-state index contributed by atoms with van der Waals surface area (Å²) in [4.78, 5) is 11.6. The van der Waals surface area contributed by atoms with Gasteiger partial charge in [-0.25, -0.2) is 26.4 Å². The van der Waals surface area contributed by atoms with E-state index in [-0.39, 0.29) is 21.2 Å². The fourth-order valence-corrected chi connectivity index (χ4v) is 4.84. The van der Waals surface area contributed by atoms with Crippen LogP contribution in [0.2, 0.25) is 0 Å². The van der Waals surface area contributed by atoms with Crippen LogP contribution in [-0.2, 0) is 31.1 Å². The van der Waals surface area contributed by atoms with Gasteiger partial charge in [0, 0.05) is 12.8 Å². The fraction of sp³-hybridized carbons (Fsp3) is 0.214. The van der Waals surface area contributed by atoms with Crippen LogP contribution in [0.4, 0.5) is 0 Å². The monoisotopic (exact) mass is 389 g/mol. The molecule has 0 aliphatic heterocycles. The molecule has 0 saturated heterocycles. The van der Waals surface area contributed by atoms with Gasteiger partial charge in [0.25, 0.3) is 0 Å². The number of nitrogens with one attached hydrogen (secondary N) is 1. The van der Waals surface area contributed by atoms with Crippen LogP contribution in [0.1, 0.15) is 15.2 Å². The third kappa shape index (κ3) is 4.20.